The van der Waals surface area contributed by atoms with Crippen molar-refractivity contribution in [1.82, 2.24) is 5.32 Å². The van der Waals surface area contributed by atoms with E-state index < -0.39 is 0 Å². The van der Waals surface area contributed by atoms with E-state index in [0.717, 1.165) is 12.2 Å². The first kappa shape index (κ1) is 15.5. The Kier molecular flexibility index (Phi) is 7.62. The van der Waals surface area contributed by atoms with Crippen LogP contribution in [-0.4, -0.2) is 45.9 Å². The minimum absolute atomic E-state index is 0.0848. The standard InChI is InChI=1S/C14H22N2O3/c1-3-15-13-6-4-12(5-7-13)14(17)16-8-9-19-11-10-18-2/h4-7,15H,3,8-11H2,1-2H3,(H,16,17). The Morgan fingerprint density at radius 3 is 2.53 bits per heavy atom. The lowest BCUT2D eigenvalue weighted by atomic mass is 10.2. The summed E-state index contributed by atoms with van der Waals surface area (Å²) in [5.74, 6) is -0.0848. The maximum absolute atomic E-state index is 11.8. The number of anilines is 1. The summed E-state index contributed by atoms with van der Waals surface area (Å²) in [5.41, 5.74) is 1.67. The van der Waals surface area contributed by atoms with Crippen LogP contribution in [0.2, 0.25) is 0 Å². The van der Waals surface area contributed by atoms with E-state index in [-0.39, 0.29) is 5.91 Å². The third-order valence-corrected chi connectivity index (χ3v) is 2.49. The van der Waals surface area contributed by atoms with Crippen molar-refractivity contribution in [2.75, 3.05) is 45.3 Å². The molecule has 1 rings (SSSR count). The molecule has 0 radical (unpaired) electrons. The Morgan fingerprint density at radius 2 is 1.89 bits per heavy atom. The predicted molar refractivity (Wildman–Crippen MR) is 75.6 cm³/mol. The van der Waals surface area contributed by atoms with Gasteiger partial charge in [-0.25, -0.2) is 0 Å². The minimum Gasteiger partial charge on any atom is -0.385 e. The van der Waals surface area contributed by atoms with Gasteiger partial charge in [-0.15, -0.1) is 0 Å². The number of carbonyl (C=O) groups is 1. The summed E-state index contributed by atoms with van der Waals surface area (Å²) in [5, 5.41) is 5.98. The van der Waals surface area contributed by atoms with E-state index in [4.69, 9.17) is 9.47 Å². The number of amides is 1. The molecule has 19 heavy (non-hydrogen) atoms. The van der Waals surface area contributed by atoms with Gasteiger partial charge in [-0.3, -0.25) is 4.79 Å². The fourth-order valence-corrected chi connectivity index (χ4v) is 1.53. The zero-order chi connectivity index (χ0) is 13.9. The molecule has 0 aliphatic rings. The second kappa shape index (κ2) is 9.35. The monoisotopic (exact) mass is 266 g/mol. The number of methoxy groups -OCH3 is 1. The van der Waals surface area contributed by atoms with Crippen LogP contribution in [-0.2, 0) is 9.47 Å². The van der Waals surface area contributed by atoms with Crippen LogP contribution in [0.25, 0.3) is 0 Å². The lowest BCUT2D eigenvalue weighted by Gasteiger charge is -2.07. The molecule has 0 bridgehead atoms. The number of hydrogen-bond acceptors (Lipinski definition) is 4. The zero-order valence-electron chi connectivity index (χ0n) is 11.6. The van der Waals surface area contributed by atoms with Crippen molar-refractivity contribution in [3.8, 4) is 0 Å². The molecule has 0 aliphatic heterocycles. The smallest absolute Gasteiger partial charge is 0.251 e. The third-order valence-electron chi connectivity index (χ3n) is 2.49. The summed E-state index contributed by atoms with van der Waals surface area (Å²) >= 11 is 0. The molecule has 2 N–H and O–H groups in total. The maximum atomic E-state index is 11.8. The van der Waals surface area contributed by atoms with E-state index in [9.17, 15) is 4.79 Å². The second-order valence-corrected chi connectivity index (χ2v) is 3.97. The Morgan fingerprint density at radius 1 is 1.16 bits per heavy atom. The normalized spacial score (nSPS) is 10.2. The molecular formula is C14H22N2O3. The highest BCUT2D eigenvalue weighted by molar-refractivity contribution is 5.94. The first-order chi connectivity index (χ1) is 9.27. The number of nitrogens with one attached hydrogen (secondary N) is 2. The molecule has 0 fully saturated rings. The molecule has 1 aromatic rings. The van der Waals surface area contributed by atoms with E-state index in [1.54, 1.807) is 19.2 Å². The summed E-state index contributed by atoms with van der Waals surface area (Å²) in [6.45, 7) is 5.00. The highest BCUT2D eigenvalue weighted by atomic mass is 16.5. The van der Waals surface area contributed by atoms with Crippen LogP contribution in [0.1, 0.15) is 17.3 Å². The average Bonchev–Trinajstić information content (AvgIpc) is 2.43. The molecule has 1 aromatic carbocycles. The molecule has 1 amide bonds. The van der Waals surface area contributed by atoms with Crippen molar-refractivity contribution < 1.29 is 14.3 Å². The Hall–Kier alpha value is -1.59. The van der Waals surface area contributed by atoms with Crippen molar-refractivity contribution >= 4 is 11.6 Å². The van der Waals surface area contributed by atoms with Crippen LogP contribution in [0.5, 0.6) is 0 Å². The van der Waals surface area contributed by atoms with Gasteiger partial charge in [0.2, 0.25) is 0 Å². The largest absolute Gasteiger partial charge is 0.385 e. The van der Waals surface area contributed by atoms with Crippen molar-refractivity contribution in [2.24, 2.45) is 0 Å². The van der Waals surface area contributed by atoms with Crippen molar-refractivity contribution in [3.05, 3.63) is 29.8 Å². The first-order valence-electron chi connectivity index (χ1n) is 6.46. The van der Waals surface area contributed by atoms with Gasteiger partial charge in [0.15, 0.2) is 0 Å². The Balaban J connectivity index is 2.25. The van der Waals surface area contributed by atoms with Gasteiger partial charge in [0, 0.05) is 31.5 Å². The minimum atomic E-state index is -0.0848. The van der Waals surface area contributed by atoms with Crippen molar-refractivity contribution in [3.63, 3.8) is 0 Å². The van der Waals surface area contributed by atoms with Gasteiger partial charge in [0.25, 0.3) is 5.91 Å². The van der Waals surface area contributed by atoms with Gasteiger partial charge in [-0.05, 0) is 31.2 Å². The van der Waals surface area contributed by atoms with Gasteiger partial charge in [-0.1, -0.05) is 0 Å². The van der Waals surface area contributed by atoms with E-state index in [1.807, 2.05) is 19.1 Å². The second-order valence-electron chi connectivity index (χ2n) is 3.97. The van der Waals surface area contributed by atoms with E-state index in [1.165, 1.54) is 0 Å². The number of benzene rings is 1. The van der Waals surface area contributed by atoms with Crippen molar-refractivity contribution in [1.29, 1.82) is 0 Å². The molecule has 106 valence electrons. The summed E-state index contributed by atoms with van der Waals surface area (Å²) in [7, 11) is 1.63. The van der Waals surface area contributed by atoms with Crippen LogP contribution < -0.4 is 10.6 Å². The lowest BCUT2D eigenvalue weighted by molar-refractivity contribution is 0.0692. The van der Waals surface area contributed by atoms with Crippen LogP contribution >= 0.6 is 0 Å². The summed E-state index contributed by atoms with van der Waals surface area (Å²) in [4.78, 5) is 11.8. The van der Waals surface area contributed by atoms with Gasteiger partial charge < -0.3 is 20.1 Å². The predicted octanol–water partition coefficient (Wildman–Crippen LogP) is 1.51. The molecule has 5 nitrogen and oxygen atoms in total. The SMILES string of the molecule is CCNc1ccc(C(=O)NCCOCCOC)cc1. The number of hydrogen-bond donors (Lipinski definition) is 2. The van der Waals surface area contributed by atoms with Crippen LogP contribution in [0, 0.1) is 0 Å². The van der Waals surface area contributed by atoms with Gasteiger partial charge >= 0.3 is 0 Å². The molecule has 0 atom stereocenters. The molecule has 0 aromatic heterocycles. The zero-order valence-corrected chi connectivity index (χ0v) is 11.6. The van der Waals surface area contributed by atoms with Crippen LogP contribution in [0.4, 0.5) is 5.69 Å². The van der Waals surface area contributed by atoms with Gasteiger partial charge in [0.1, 0.15) is 0 Å². The highest BCUT2D eigenvalue weighted by Crippen LogP contribution is 2.08. The fourth-order valence-electron chi connectivity index (χ4n) is 1.53. The summed E-state index contributed by atoms with van der Waals surface area (Å²) < 4.78 is 10.1. The molecular weight excluding hydrogens is 244 g/mol. The number of rotatable bonds is 9. The maximum Gasteiger partial charge on any atom is 0.251 e. The molecule has 0 saturated heterocycles. The highest BCUT2D eigenvalue weighted by Gasteiger charge is 2.04. The van der Waals surface area contributed by atoms with Gasteiger partial charge in [0.05, 0.1) is 19.8 Å². The number of ether oxygens (including phenoxy) is 2. The molecule has 0 saturated carbocycles. The molecule has 0 spiro atoms. The quantitative estimate of drug-likeness (QED) is 0.665. The Labute approximate surface area is 114 Å². The number of carbonyl (C=O) groups excluding carboxylic acids is 1. The van der Waals surface area contributed by atoms with Gasteiger partial charge in [-0.2, -0.15) is 0 Å². The molecule has 0 heterocycles. The lowest BCUT2D eigenvalue weighted by Crippen LogP contribution is -2.27. The summed E-state index contributed by atoms with van der Waals surface area (Å²) in [6.07, 6.45) is 0. The topological polar surface area (TPSA) is 59.6 Å². The van der Waals surface area contributed by atoms with E-state index in [0.29, 0.717) is 31.9 Å². The molecule has 0 aliphatic carbocycles. The summed E-state index contributed by atoms with van der Waals surface area (Å²) in [6, 6.07) is 7.40. The van der Waals surface area contributed by atoms with E-state index >= 15 is 0 Å². The van der Waals surface area contributed by atoms with Crippen molar-refractivity contribution in [2.45, 2.75) is 6.92 Å². The van der Waals surface area contributed by atoms with Crippen LogP contribution in [0.3, 0.4) is 0 Å². The molecule has 0 unspecified atom stereocenters. The Bertz CT molecular complexity index is 365. The van der Waals surface area contributed by atoms with Crippen LogP contribution in [0.15, 0.2) is 24.3 Å². The first-order valence-corrected chi connectivity index (χ1v) is 6.46. The van der Waals surface area contributed by atoms with E-state index in [2.05, 4.69) is 10.6 Å². The third kappa shape index (κ3) is 6.22. The molecule has 5 heteroatoms. The fraction of sp³-hybridized carbons (Fsp3) is 0.500. The average molecular weight is 266 g/mol.